The molecule has 2 bridgehead atoms. The molecular formula is C12H24N2O. The topological polar surface area (TPSA) is 24.5 Å². The van der Waals surface area contributed by atoms with Gasteiger partial charge in [0, 0.05) is 19.1 Å². The van der Waals surface area contributed by atoms with Crippen LogP contribution in [0, 0.1) is 0 Å². The van der Waals surface area contributed by atoms with Crippen molar-refractivity contribution in [1.82, 2.24) is 10.2 Å². The second kappa shape index (κ2) is 5.28. The van der Waals surface area contributed by atoms with Crippen molar-refractivity contribution in [3.63, 3.8) is 0 Å². The van der Waals surface area contributed by atoms with E-state index in [2.05, 4.69) is 24.1 Å². The molecule has 0 aromatic heterocycles. The quantitative estimate of drug-likeness (QED) is 0.717. The van der Waals surface area contributed by atoms with Gasteiger partial charge in [-0.1, -0.05) is 13.8 Å². The maximum absolute atomic E-state index is 5.82. The van der Waals surface area contributed by atoms with Gasteiger partial charge < -0.3 is 15.0 Å². The molecule has 0 aromatic carbocycles. The normalized spacial score (nSPS) is 34.2. The van der Waals surface area contributed by atoms with Crippen molar-refractivity contribution in [3.05, 3.63) is 0 Å². The molecule has 2 saturated heterocycles. The molecule has 0 spiro atoms. The third-order valence-electron chi connectivity index (χ3n) is 3.83. The summed E-state index contributed by atoms with van der Waals surface area (Å²) in [5, 5.41) is 3.65. The van der Waals surface area contributed by atoms with Crippen molar-refractivity contribution in [2.24, 2.45) is 0 Å². The van der Waals surface area contributed by atoms with Gasteiger partial charge in [-0.2, -0.15) is 0 Å². The van der Waals surface area contributed by atoms with Crippen molar-refractivity contribution in [1.29, 1.82) is 0 Å². The largest absolute Gasteiger partial charge is 0.373 e. The maximum Gasteiger partial charge on any atom is 0.0733 e. The van der Waals surface area contributed by atoms with E-state index in [-0.39, 0.29) is 0 Å². The number of ether oxygens (including phenoxy) is 1. The van der Waals surface area contributed by atoms with E-state index in [0.29, 0.717) is 18.2 Å². The van der Waals surface area contributed by atoms with Gasteiger partial charge in [0.1, 0.15) is 0 Å². The van der Waals surface area contributed by atoms with Gasteiger partial charge in [-0.3, -0.25) is 0 Å². The van der Waals surface area contributed by atoms with Crippen LogP contribution >= 0.6 is 0 Å². The summed E-state index contributed by atoms with van der Waals surface area (Å²) < 4.78 is 5.82. The number of rotatable bonds is 6. The summed E-state index contributed by atoms with van der Waals surface area (Å²) >= 11 is 0. The van der Waals surface area contributed by atoms with Gasteiger partial charge in [0.15, 0.2) is 0 Å². The smallest absolute Gasteiger partial charge is 0.0733 e. The fraction of sp³-hybridized carbons (Fsp3) is 1.00. The van der Waals surface area contributed by atoms with E-state index >= 15 is 0 Å². The standard InChI is InChI=1S/C12H24N2O/c1-3-14(4-2)8-7-13-11-9-10-5-6-12(11)15-10/h10-13H,3-9H2,1-2H3. The minimum atomic E-state index is 0.520. The first-order valence-electron chi connectivity index (χ1n) is 6.44. The Morgan fingerprint density at radius 3 is 2.60 bits per heavy atom. The van der Waals surface area contributed by atoms with Crippen LogP contribution in [0.15, 0.2) is 0 Å². The van der Waals surface area contributed by atoms with Crippen molar-refractivity contribution in [3.8, 4) is 0 Å². The molecule has 0 radical (unpaired) electrons. The zero-order valence-electron chi connectivity index (χ0n) is 10.0. The van der Waals surface area contributed by atoms with Gasteiger partial charge >= 0.3 is 0 Å². The first-order chi connectivity index (χ1) is 7.33. The summed E-state index contributed by atoms with van der Waals surface area (Å²) in [6, 6.07) is 0.638. The van der Waals surface area contributed by atoms with Gasteiger partial charge in [0.05, 0.1) is 12.2 Å². The second-order valence-corrected chi connectivity index (χ2v) is 4.70. The van der Waals surface area contributed by atoms with Gasteiger partial charge in [-0.25, -0.2) is 0 Å². The average Bonchev–Trinajstić information content (AvgIpc) is 2.86. The van der Waals surface area contributed by atoms with Crippen molar-refractivity contribution < 1.29 is 4.74 Å². The number of nitrogens with zero attached hydrogens (tertiary/aromatic N) is 1. The summed E-state index contributed by atoms with van der Waals surface area (Å²) in [6.07, 6.45) is 4.89. The molecule has 2 fully saturated rings. The van der Waals surface area contributed by atoms with Crippen LogP contribution in [0.4, 0.5) is 0 Å². The molecule has 3 nitrogen and oxygen atoms in total. The van der Waals surface area contributed by atoms with Crippen LogP contribution in [-0.4, -0.2) is 49.3 Å². The fourth-order valence-electron chi connectivity index (χ4n) is 2.80. The van der Waals surface area contributed by atoms with Gasteiger partial charge in [-0.15, -0.1) is 0 Å². The predicted molar refractivity (Wildman–Crippen MR) is 62.1 cm³/mol. The number of fused-ring (bicyclic) bond motifs is 2. The Balaban J connectivity index is 1.62. The molecule has 88 valence electrons. The molecule has 0 aliphatic carbocycles. The molecular weight excluding hydrogens is 188 g/mol. The van der Waals surface area contributed by atoms with E-state index in [0.717, 1.165) is 19.6 Å². The Hall–Kier alpha value is -0.120. The van der Waals surface area contributed by atoms with Crippen LogP contribution in [0.1, 0.15) is 33.1 Å². The molecule has 0 aromatic rings. The van der Waals surface area contributed by atoms with E-state index in [9.17, 15) is 0 Å². The monoisotopic (exact) mass is 212 g/mol. The molecule has 1 N–H and O–H groups in total. The molecule has 2 aliphatic heterocycles. The van der Waals surface area contributed by atoms with E-state index in [1.54, 1.807) is 0 Å². The summed E-state index contributed by atoms with van der Waals surface area (Å²) in [5.74, 6) is 0. The van der Waals surface area contributed by atoms with Gasteiger partial charge in [0.25, 0.3) is 0 Å². The summed E-state index contributed by atoms with van der Waals surface area (Å²) in [6.45, 7) is 9.05. The lowest BCUT2D eigenvalue weighted by atomic mass is 9.95. The Morgan fingerprint density at radius 1 is 1.27 bits per heavy atom. The summed E-state index contributed by atoms with van der Waals surface area (Å²) in [7, 11) is 0. The third-order valence-corrected chi connectivity index (χ3v) is 3.83. The number of hydrogen-bond donors (Lipinski definition) is 1. The highest BCUT2D eigenvalue weighted by molar-refractivity contribution is 4.93. The van der Waals surface area contributed by atoms with Crippen molar-refractivity contribution >= 4 is 0 Å². The average molecular weight is 212 g/mol. The highest BCUT2D eigenvalue weighted by atomic mass is 16.5. The number of hydrogen-bond acceptors (Lipinski definition) is 3. The van der Waals surface area contributed by atoms with Crippen LogP contribution < -0.4 is 5.32 Å². The lowest BCUT2D eigenvalue weighted by molar-refractivity contribution is 0.0971. The van der Waals surface area contributed by atoms with E-state index in [1.165, 1.54) is 25.8 Å². The lowest BCUT2D eigenvalue weighted by Crippen LogP contribution is -2.41. The molecule has 15 heavy (non-hydrogen) atoms. The van der Waals surface area contributed by atoms with Crippen LogP contribution in [0.25, 0.3) is 0 Å². The highest BCUT2D eigenvalue weighted by Crippen LogP contribution is 2.34. The first-order valence-corrected chi connectivity index (χ1v) is 6.44. The Kier molecular flexibility index (Phi) is 4.00. The molecule has 3 atom stereocenters. The molecule has 2 rings (SSSR count). The first kappa shape index (κ1) is 11.4. The molecule has 3 unspecified atom stereocenters. The van der Waals surface area contributed by atoms with Crippen molar-refractivity contribution in [2.45, 2.75) is 51.4 Å². The second-order valence-electron chi connectivity index (χ2n) is 4.70. The molecule has 0 amide bonds. The molecule has 3 heteroatoms. The molecule has 2 heterocycles. The highest BCUT2D eigenvalue weighted by Gasteiger charge is 2.40. The zero-order valence-corrected chi connectivity index (χ0v) is 10.0. The van der Waals surface area contributed by atoms with E-state index in [4.69, 9.17) is 4.74 Å². The lowest BCUT2D eigenvalue weighted by Gasteiger charge is -2.23. The van der Waals surface area contributed by atoms with E-state index < -0.39 is 0 Å². The van der Waals surface area contributed by atoms with E-state index in [1.807, 2.05) is 0 Å². The fourth-order valence-corrected chi connectivity index (χ4v) is 2.80. The Labute approximate surface area is 93.2 Å². The third kappa shape index (κ3) is 2.71. The minimum Gasteiger partial charge on any atom is -0.373 e. The Morgan fingerprint density at radius 2 is 2.07 bits per heavy atom. The van der Waals surface area contributed by atoms with Gasteiger partial charge in [0.2, 0.25) is 0 Å². The molecule has 0 saturated carbocycles. The Bertz CT molecular complexity index is 194. The van der Waals surface area contributed by atoms with Crippen LogP contribution in [0.3, 0.4) is 0 Å². The predicted octanol–water partition coefficient (Wildman–Crippen LogP) is 1.24. The van der Waals surface area contributed by atoms with Gasteiger partial charge in [-0.05, 0) is 32.4 Å². The maximum atomic E-state index is 5.82. The number of likely N-dealkylation sites (N-methyl/N-ethyl adjacent to an activating group) is 1. The van der Waals surface area contributed by atoms with Crippen LogP contribution in [0.2, 0.25) is 0 Å². The summed E-state index contributed by atoms with van der Waals surface area (Å²) in [4.78, 5) is 2.46. The summed E-state index contributed by atoms with van der Waals surface area (Å²) in [5.41, 5.74) is 0. The SMILES string of the molecule is CCN(CC)CCNC1CC2CCC1O2. The van der Waals surface area contributed by atoms with Crippen LogP contribution in [0.5, 0.6) is 0 Å². The zero-order chi connectivity index (χ0) is 10.7. The van der Waals surface area contributed by atoms with Crippen LogP contribution in [-0.2, 0) is 4.74 Å². The molecule has 2 aliphatic rings. The van der Waals surface area contributed by atoms with Crippen molar-refractivity contribution in [2.75, 3.05) is 26.2 Å². The number of nitrogens with one attached hydrogen (secondary N) is 1. The minimum absolute atomic E-state index is 0.520.